The number of hydrogen-bond donors (Lipinski definition) is 1. The van der Waals surface area contributed by atoms with Crippen molar-refractivity contribution in [1.29, 1.82) is 0 Å². The zero-order valence-corrected chi connectivity index (χ0v) is 14.5. The van der Waals surface area contributed by atoms with Crippen molar-refractivity contribution in [2.45, 2.75) is 30.7 Å². The SMILES string of the molecule is COCOC[C@H]1OC(O)[C@H](OCOC)[C@@H](OCOC)[C@@H]1OCOC. The summed E-state index contributed by atoms with van der Waals surface area (Å²) in [7, 11) is 5.97. The lowest BCUT2D eigenvalue weighted by molar-refractivity contribution is -0.334. The van der Waals surface area contributed by atoms with E-state index < -0.39 is 30.7 Å². The van der Waals surface area contributed by atoms with Crippen LogP contribution in [0.4, 0.5) is 0 Å². The average molecular weight is 356 g/mol. The molecule has 1 fully saturated rings. The summed E-state index contributed by atoms with van der Waals surface area (Å²) in [5.74, 6) is 0. The van der Waals surface area contributed by atoms with Crippen LogP contribution in [0.15, 0.2) is 0 Å². The molecule has 0 amide bonds. The maximum atomic E-state index is 10.2. The zero-order valence-electron chi connectivity index (χ0n) is 14.5. The molecule has 0 spiro atoms. The predicted molar refractivity (Wildman–Crippen MR) is 79.0 cm³/mol. The van der Waals surface area contributed by atoms with Crippen molar-refractivity contribution in [2.24, 2.45) is 0 Å². The highest BCUT2D eigenvalue weighted by Gasteiger charge is 2.48. The topological polar surface area (TPSA) is 103 Å². The van der Waals surface area contributed by atoms with E-state index >= 15 is 0 Å². The molecule has 10 heteroatoms. The Morgan fingerprint density at radius 1 is 0.708 bits per heavy atom. The van der Waals surface area contributed by atoms with Crippen molar-refractivity contribution >= 4 is 0 Å². The third-order valence-electron chi connectivity index (χ3n) is 3.23. The summed E-state index contributed by atoms with van der Waals surface area (Å²) in [5, 5.41) is 10.2. The fourth-order valence-electron chi connectivity index (χ4n) is 2.29. The van der Waals surface area contributed by atoms with Gasteiger partial charge in [0.1, 0.15) is 51.6 Å². The van der Waals surface area contributed by atoms with Gasteiger partial charge in [0, 0.05) is 28.4 Å². The molecule has 0 aliphatic carbocycles. The summed E-state index contributed by atoms with van der Waals surface area (Å²) in [4.78, 5) is 0. The van der Waals surface area contributed by atoms with Crippen LogP contribution in [0.2, 0.25) is 0 Å². The highest BCUT2D eigenvalue weighted by atomic mass is 16.7. The summed E-state index contributed by atoms with van der Waals surface area (Å²) in [6, 6.07) is 0. The van der Waals surface area contributed by atoms with E-state index in [0.717, 1.165) is 0 Å². The Labute approximate surface area is 141 Å². The van der Waals surface area contributed by atoms with Crippen LogP contribution in [0.5, 0.6) is 0 Å². The van der Waals surface area contributed by atoms with Crippen molar-refractivity contribution in [2.75, 3.05) is 62.2 Å². The predicted octanol–water partition coefficient (Wildman–Crippen LogP) is -0.709. The van der Waals surface area contributed by atoms with Crippen LogP contribution in [0.3, 0.4) is 0 Å². The molecule has 1 saturated heterocycles. The van der Waals surface area contributed by atoms with Crippen molar-refractivity contribution < 1.29 is 47.7 Å². The molecular formula is C14H28O10. The van der Waals surface area contributed by atoms with Gasteiger partial charge in [-0.05, 0) is 0 Å². The Balaban J connectivity index is 2.84. The van der Waals surface area contributed by atoms with Gasteiger partial charge in [-0.25, -0.2) is 0 Å². The second-order valence-electron chi connectivity index (χ2n) is 4.96. The van der Waals surface area contributed by atoms with Gasteiger partial charge in [0.05, 0.1) is 6.61 Å². The molecule has 0 aromatic carbocycles. The molecule has 0 saturated carbocycles. The number of hydrogen-bond acceptors (Lipinski definition) is 10. The van der Waals surface area contributed by atoms with E-state index in [1.807, 2.05) is 0 Å². The van der Waals surface area contributed by atoms with Gasteiger partial charge in [-0.2, -0.15) is 0 Å². The first kappa shape index (κ1) is 21.6. The highest BCUT2D eigenvalue weighted by molar-refractivity contribution is 4.92. The first-order valence-electron chi connectivity index (χ1n) is 7.41. The molecule has 1 heterocycles. The van der Waals surface area contributed by atoms with E-state index in [9.17, 15) is 5.11 Å². The van der Waals surface area contributed by atoms with Crippen molar-refractivity contribution in [3.05, 3.63) is 0 Å². The second-order valence-corrected chi connectivity index (χ2v) is 4.96. The number of aliphatic hydroxyl groups excluding tert-OH is 1. The van der Waals surface area contributed by atoms with Crippen molar-refractivity contribution in [1.82, 2.24) is 0 Å². The molecule has 1 N–H and O–H groups in total. The largest absolute Gasteiger partial charge is 0.366 e. The first-order valence-corrected chi connectivity index (χ1v) is 7.41. The van der Waals surface area contributed by atoms with E-state index in [-0.39, 0.29) is 33.8 Å². The van der Waals surface area contributed by atoms with Crippen LogP contribution in [-0.2, 0) is 42.6 Å². The fourth-order valence-corrected chi connectivity index (χ4v) is 2.29. The van der Waals surface area contributed by atoms with Crippen LogP contribution in [0, 0.1) is 0 Å². The monoisotopic (exact) mass is 356 g/mol. The summed E-state index contributed by atoms with van der Waals surface area (Å²) in [5.41, 5.74) is 0. The highest BCUT2D eigenvalue weighted by Crippen LogP contribution is 2.27. The number of methoxy groups -OCH3 is 4. The first-order chi connectivity index (χ1) is 11.7. The third-order valence-corrected chi connectivity index (χ3v) is 3.23. The van der Waals surface area contributed by atoms with Gasteiger partial charge in [0.25, 0.3) is 0 Å². The molecule has 144 valence electrons. The van der Waals surface area contributed by atoms with Crippen LogP contribution < -0.4 is 0 Å². The van der Waals surface area contributed by atoms with Crippen LogP contribution in [0.25, 0.3) is 0 Å². The summed E-state index contributed by atoms with van der Waals surface area (Å²) >= 11 is 0. The maximum absolute atomic E-state index is 10.2. The molecule has 5 atom stereocenters. The van der Waals surface area contributed by atoms with Gasteiger partial charge < -0.3 is 47.7 Å². The Morgan fingerprint density at radius 2 is 1.21 bits per heavy atom. The summed E-state index contributed by atoms with van der Waals surface area (Å²) in [6.45, 7) is 0.167. The second kappa shape index (κ2) is 12.9. The van der Waals surface area contributed by atoms with Gasteiger partial charge in [0.2, 0.25) is 0 Å². The molecule has 24 heavy (non-hydrogen) atoms. The molecule has 1 aliphatic heterocycles. The van der Waals surface area contributed by atoms with Gasteiger partial charge in [-0.1, -0.05) is 0 Å². The molecule has 1 unspecified atom stereocenters. The Morgan fingerprint density at radius 3 is 1.75 bits per heavy atom. The number of aliphatic hydroxyl groups is 1. The Kier molecular flexibility index (Phi) is 11.6. The lowest BCUT2D eigenvalue weighted by Gasteiger charge is -2.43. The fraction of sp³-hybridized carbons (Fsp3) is 1.00. The molecule has 1 rings (SSSR count). The summed E-state index contributed by atoms with van der Waals surface area (Å²) in [6.07, 6.45) is -4.01. The molecule has 10 nitrogen and oxygen atoms in total. The Hall–Kier alpha value is -0.400. The third kappa shape index (κ3) is 6.84. The molecule has 1 aliphatic rings. The van der Waals surface area contributed by atoms with E-state index in [4.69, 9.17) is 42.6 Å². The Bertz CT molecular complexity index is 305. The average Bonchev–Trinajstić information content (AvgIpc) is 2.58. The van der Waals surface area contributed by atoms with Gasteiger partial charge >= 0.3 is 0 Å². The standard InChI is InChI=1S/C14H28O10/c1-16-6-20-5-10-11(21-7-17-2)12(22-8-18-3)13(14(15)24-10)23-9-19-4/h10-15H,5-9H2,1-4H3/t10-,11-,12+,13-,14?/m1/s1. The van der Waals surface area contributed by atoms with Gasteiger partial charge in [0.15, 0.2) is 6.29 Å². The van der Waals surface area contributed by atoms with E-state index in [0.29, 0.717) is 0 Å². The van der Waals surface area contributed by atoms with Gasteiger partial charge in [-0.15, -0.1) is 0 Å². The van der Waals surface area contributed by atoms with E-state index in [2.05, 4.69) is 0 Å². The summed E-state index contributed by atoms with van der Waals surface area (Å²) < 4.78 is 47.3. The van der Waals surface area contributed by atoms with Crippen molar-refractivity contribution in [3.63, 3.8) is 0 Å². The maximum Gasteiger partial charge on any atom is 0.184 e. The van der Waals surface area contributed by atoms with Crippen LogP contribution in [0.1, 0.15) is 0 Å². The minimum Gasteiger partial charge on any atom is -0.366 e. The van der Waals surface area contributed by atoms with Crippen LogP contribution in [-0.4, -0.2) is 98.0 Å². The molecule has 0 aromatic heterocycles. The molecule has 0 aromatic rings. The lowest BCUT2D eigenvalue weighted by atomic mass is 9.98. The molecule has 0 radical (unpaired) electrons. The molecule has 0 bridgehead atoms. The molecular weight excluding hydrogens is 328 g/mol. The number of ether oxygens (including phenoxy) is 9. The van der Waals surface area contributed by atoms with Crippen LogP contribution >= 0.6 is 0 Å². The lowest BCUT2D eigenvalue weighted by Crippen LogP contribution is -2.61. The zero-order chi connectivity index (χ0) is 17.8. The quantitative estimate of drug-likeness (QED) is 0.336. The normalized spacial score (nSPS) is 30.6. The van der Waals surface area contributed by atoms with E-state index in [1.165, 1.54) is 28.4 Å². The minimum atomic E-state index is -1.25. The minimum absolute atomic E-state index is 0.00867. The van der Waals surface area contributed by atoms with Crippen molar-refractivity contribution in [3.8, 4) is 0 Å². The smallest absolute Gasteiger partial charge is 0.184 e. The van der Waals surface area contributed by atoms with Gasteiger partial charge in [-0.3, -0.25) is 0 Å². The number of rotatable bonds is 13. The van der Waals surface area contributed by atoms with E-state index in [1.54, 1.807) is 0 Å².